The van der Waals surface area contributed by atoms with Crippen LogP contribution in [0, 0.1) is 0 Å². The van der Waals surface area contributed by atoms with Crippen molar-refractivity contribution in [3.63, 3.8) is 0 Å². The summed E-state index contributed by atoms with van der Waals surface area (Å²) < 4.78 is 0. The number of amides is 3. The summed E-state index contributed by atoms with van der Waals surface area (Å²) in [5, 5.41) is 43.9. The Bertz CT molecular complexity index is 1020. The largest absolute Gasteiger partial charge is 0.508 e. The van der Waals surface area contributed by atoms with Crippen LogP contribution >= 0.6 is 0 Å². The first kappa shape index (κ1) is 32.8. The summed E-state index contributed by atoms with van der Waals surface area (Å²) in [5.41, 5.74) is 11.5. The summed E-state index contributed by atoms with van der Waals surface area (Å²) in [7, 11) is 0. The van der Waals surface area contributed by atoms with Crippen LogP contribution < -0.4 is 27.4 Å². The van der Waals surface area contributed by atoms with Crippen LogP contribution in [0.5, 0.6) is 5.75 Å². The fraction of sp³-hybridized carbons (Fsp3) is 0.500. The Hall–Kier alpha value is -4.24. The highest BCUT2D eigenvalue weighted by atomic mass is 16.4. The molecule has 0 heterocycles. The molecule has 11 N–H and O–H groups in total. The lowest BCUT2D eigenvalue weighted by Gasteiger charge is -2.25. The van der Waals surface area contributed by atoms with E-state index in [1.807, 2.05) is 0 Å². The van der Waals surface area contributed by atoms with Gasteiger partial charge in [-0.3, -0.25) is 24.0 Å². The number of rotatable bonds is 18. The van der Waals surface area contributed by atoms with Crippen molar-refractivity contribution >= 4 is 35.6 Å². The number of phenolic OH excluding ortho intramolecular Hbond substituents is 1. The third-order valence-electron chi connectivity index (χ3n) is 5.59. The van der Waals surface area contributed by atoms with Gasteiger partial charge in [-0.15, -0.1) is 0 Å². The summed E-state index contributed by atoms with van der Waals surface area (Å²) >= 11 is 0. The molecule has 0 saturated carbocycles. The van der Waals surface area contributed by atoms with Gasteiger partial charge in [0.2, 0.25) is 17.7 Å². The highest BCUT2D eigenvalue weighted by molar-refractivity contribution is 5.95. The minimum absolute atomic E-state index is 0.0573. The van der Waals surface area contributed by atoms with Crippen LogP contribution in [0.1, 0.15) is 44.1 Å². The molecule has 1 rings (SSSR count). The third kappa shape index (κ3) is 12.7. The fourth-order valence-corrected chi connectivity index (χ4v) is 3.44. The molecule has 4 atom stereocenters. The van der Waals surface area contributed by atoms with E-state index in [9.17, 15) is 44.1 Å². The minimum Gasteiger partial charge on any atom is -0.508 e. The van der Waals surface area contributed by atoms with Crippen LogP contribution in [0.15, 0.2) is 24.3 Å². The molecule has 1 aromatic rings. The zero-order valence-electron chi connectivity index (χ0n) is 21.2. The number of carboxylic acid groups (broad SMARTS) is 3. The fourth-order valence-electron chi connectivity index (χ4n) is 3.44. The molecule has 216 valence electrons. The van der Waals surface area contributed by atoms with Crippen LogP contribution in [-0.2, 0) is 35.2 Å². The van der Waals surface area contributed by atoms with Gasteiger partial charge in [-0.05, 0) is 49.9 Å². The first-order valence-corrected chi connectivity index (χ1v) is 12.1. The SMILES string of the molecule is NCCCCC(NC(=O)C(Cc1ccc(O)cc1)NC(=O)C(CC(=O)O)NC(=O)C(N)CCC(=O)O)C(=O)O. The van der Waals surface area contributed by atoms with Gasteiger partial charge in [0.1, 0.15) is 23.9 Å². The molecule has 15 heteroatoms. The minimum atomic E-state index is -1.68. The second kappa shape index (κ2) is 16.6. The van der Waals surface area contributed by atoms with Crippen molar-refractivity contribution in [2.75, 3.05) is 6.54 Å². The molecular formula is C24H35N5O10. The van der Waals surface area contributed by atoms with Gasteiger partial charge in [-0.25, -0.2) is 4.79 Å². The number of benzene rings is 1. The molecule has 39 heavy (non-hydrogen) atoms. The maximum absolute atomic E-state index is 13.1. The van der Waals surface area contributed by atoms with Gasteiger partial charge in [-0.2, -0.15) is 0 Å². The highest BCUT2D eigenvalue weighted by Gasteiger charge is 2.31. The number of carboxylic acids is 3. The normalized spacial score (nSPS) is 13.8. The van der Waals surface area contributed by atoms with Crippen molar-refractivity contribution in [2.45, 2.75) is 69.1 Å². The lowest BCUT2D eigenvalue weighted by atomic mass is 10.0. The molecule has 0 spiro atoms. The van der Waals surface area contributed by atoms with Gasteiger partial charge in [0.15, 0.2) is 0 Å². The second-order valence-electron chi connectivity index (χ2n) is 8.81. The number of carbonyl (C=O) groups excluding carboxylic acids is 3. The molecule has 0 aliphatic heterocycles. The molecule has 0 fully saturated rings. The average molecular weight is 554 g/mol. The lowest BCUT2D eigenvalue weighted by Crippen LogP contribution is -2.58. The number of aliphatic carboxylic acids is 3. The molecular weight excluding hydrogens is 518 g/mol. The Kier molecular flexibility index (Phi) is 13.9. The molecule has 15 nitrogen and oxygen atoms in total. The Morgan fingerprint density at radius 2 is 1.31 bits per heavy atom. The number of aromatic hydroxyl groups is 1. The van der Waals surface area contributed by atoms with Crippen molar-refractivity contribution in [3.05, 3.63) is 29.8 Å². The summed E-state index contributed by atoms with van der Waals surface area (Å²) in [6, 6.07) is -0.0920. The predicted octanol–water partition coefficient (Wildman–Crippen LogP) is -1.73. The summed E-state index contributed by atoms with van der Waals surface area (Å²) in [6.07, 6.45) is -0.739. The topological polar surface area (TPSA) is 271 Å². The molecule has 0 aromatic heterocycles. The predicted molar refractivity (Wildman–Crippen MR) is 135 cm³/mol. The highest BCUT2D eigenvalue weighted by Crippen LogP contribution is 2.12. The number of hydrogen-bond acceptors (Lipinski definition) is 9. The number of carbonyl (C=O) groups is 6. The Morgan fingerprint density at radius 3 is 1.85 bits per heavy atom. The smallest absolute Gasteiger partial charge is 0.326 e. The quantitative estimate of drug-likeness (QED) is 0.0917. The second-order valence-corrected chi connectivity index (χ2v) is 8.81. The molecule has 0 saturated heterocycles. The summed E-state index contributed by atoms with van der Waals surface area (Å²) in [6.45, 7) is 0.330. The van der Waals surface area contributed by atoms with Gasteiger partial charge in [0.05, 0.1) is 12.5 Å². The van der Waals surface area contributed by atoms with Crippen molar-refractivity contribution < 1.29 is 49.2 Å². The molecule has 4 unspecified atom stereocenters. The Labute approximate surface area is 223 Å². The zero-order chi connectivity index (χ0) is 29.5. The van der Waals surface area contributed by atoms with Crippen LogP contribution in [0.2, 0.25) is 0 Å². The molecule has 0 bridgehead atoms. The van der Waals surface area contributed by atoms with E-state index in [4.69, 9.17) is 16.6 Å². The van der Waals surface area contributed by atoms with Crippen LogP contribution in [0.25, 0.3) is 0 Å². The van der Waals surface area contributed by atoms with E-state index in [1.54, 1.807) is 0 Å². The van der Waals surface area contributed by atoms with Gasteiger partial charge in [0, 0.05) is 12.8 Å². The number of hydrogen-bond donors (Lipinski definition) is 9. The first-order chi connectivity index (χ1) is 18.3. The monoisotopic (exact) mass is 553 g/mol. The van der Waals surface area contributed by atoms with E-state index < -0.39 is 72.6 Å². The van der Waals surface area contributed by atoms with Crippen molar-refractivity contribution in [1.29, 1.82) is 0 Å². The zero-order valence-corrected chi connectivity index (χ0v) is 21.2. The van der Waals surface area contributed by atoms with Crippen LogP contribution in [-0.4, -0.2) is 86.8 Å². The number of nitrogens with two attached hydrogens (primary N) is 2. The maximum atomic E-state index is 13.1. The molecule has 0 aliphatic rings. The van der Waals surface area contributed by atoms with Gasteiger partial charge in [0.25, 0.3) is 0 Å². The maximum Gasteiger partial charge on any atom is 0.326 e. The number of unbranched alkanes of at least 4 members (excludes halogenated alkanes) is 1. The lowest BCUT2D eigenvalue weighted by molar-refractivity contribution is -0.143. The van der Waals surface area contributed by atoms with Crippen LogP contribution in [0.3, 0.4) is 0 Å². The Morgan fingerprint density at radius 1 is 0.744 bits per heavy atom. The van der Waals surface area contributed by atoms with E-state index in [0.29, 0.717) is 24.9 Å². The van der Waals surface area contributed by atoms with E-state index in [2.05, 4.69) is 16.0 Å². The van der Waals surface area contributed by atoms with Crippen molar-refractivity contribution in [3.8, 4) is 5.75 Å². The van der Waals surface area contributed by atoms with Crippen molar-refractivity contribution in [1.82, 2.24) is 16.0 Å². The van der Waals surface area contributed by atoms with E-state index in [1.165, 1.54) is 24.3 Å². The Balaban J connectivity index is 3.12. The van der Waals surface area contributed by atoms with Crippen LogP contribution in [0.4, 0.5) is 0 Å². The van der Waals surface area contributed by atoms with Gasteiger partial charge >= 0.3 is 17.9 Å². The molecule has 0 radical (unpaired) electrons. The van der Waals surface area contributed by atoms with E-state index >= 15 is 0 Å². The van der Waals surface area contributed by atoms with E-state index in [-0.39, 0.29) is 25.0 Å². The standard InChI is InChI=1S/C24H35N5O10/c25-10-2-1-3-16(24(38)39)27-22(36)17(11-13-4-6-14(30)7-5-13)29-23(37)18(12-20(33)34)28-21(35)15(26)8-9-19(31)32/h4-7,15-18,30H,1-3,8-12,25-26H2,(H,27,36)(H,28,35)(H,29,37)(H,31,32)(H,33,34)(H,38,39). The molecule has 3 amide bonds. The number of nitrogens with one attached hydrogen (secondary N) is 3. The van der Waals surface area contributed by atoms with Crippen molar-refractivity contribution in [2.24, 2.45) is 11.5 Å². The summed E-state index contributed by atoms with van der Waals surface area (Å²) in [5.74, 6) is -6.94. The molecule has 1 aromatic carbocycles. The van der Waals surface area contributed by atoms with Gasteiger partial charge < -0.3 is 47.8 Å². The van der Waals surface area contributed by atoms with E-state index in [0.717, 1.165) is 0 Å². The average Bonchev–Trinajstić information content (AvgIpc) is 2.86. The third-order valence-corrected chi connectivity index (χ3v) is 5.59. The first-order valence-electron chi connectivity index (χ1n) is 12.1. The summed E-state index contributed by atoms with van der Waals surface area (Å²) in [4.78, 5) is 72.2. The molecule has 0 aliphatic carbocycles. The van der Waals surface area contributed by atoms with Gasteiger partial charge in [-0.1, -0.05) is 12.1 Å². The number of phenols is 1.